The van der Waals surface area contributed by atoms with Crippen molar-refractivity contribution in [2.75, 3.05) is 26.3 Å². The Morgan fingerprint density at radius 3 is 3.20 bits per heavy atom. The van der Waals surface area contributed by atoms with Gasteiger partial charge in [-0.2, -0.15) is 0 Å². The molecule has 0 bridgehead atoms. The molecule has 1 aliphatic heterocycles. The SMILES string of the molecule is Fc1cccc(OC[C@@H]2CNCCO2)c1. The summed E-state index contributed by atoms with van der Waals surface area (Å²) in [4.78, 5) is 0. The van der Waals surface area contributed by atoms with Crippen LogP contribution in [-0.2, 0) is 4.74 Å². The maximum Gasteiger partial charge on any atom is 0.126 e. The van der Waals surface area contributed by atoms with E-state index in [-0.39, 0.29) is 11.9 Å². The number of morpholine rings is 1. The molecule has 0 unspecified atom stereocenters. The molecule has 1 heterocycles. The molecule has 1 N–H and O–H groups in total. The third kappa shape index (κ3) is 3.18. The fourth-order valence-corrected chi connectivity index (χ4v) is 1.47. The van der Waals surface area contributed by atoms with Gasteiger partial charge in [0.1, 0.15) is 24.3 Å². The zero-order valence-electron chi connectivity index (χ0n) is 8.41. The molecule has 2 rings (SSSR count). The van der Waals surface area contributed by atoms with E-state index in [1.807, 2.05) is 0 Å². The zero-order chi connectivity index (χ0) is 10.5. The lowest BCUT2D eigenvalue weighted by atomic mass is 10.3. The minimum Gasteiger partial charge on any atom is -0.491 e. The molecule has 0 spiro atoms. The van der Waals surface area contributed by atoms with Crippen LogP contribution in [0.2, 0.25) is 0 Å². The molecule has 4 heteroatoms. The fraction of sp³-hybridized carbons (Fsp3) is 0.455. The van der Waals surface area contributed by atoms with Crippen molar-refractivity contribution in [3.05, 3.63) is 30.1 Å². The number of nitrogens with one attached hydrogen (secondary N) is 1. The molecule has 1 saturated heterocycles. The smallest absolute Gasteiger partial charge is 0.126 e. The molecule has 1 aromatic carbocycles. The summed E-state index contributed by atoms with van der Waals surface area (Å²) >= 11 is 0. The Hall–Kier alpha value is -1.13. The number of halogens is 1. The second kappa shape index (κ2) is 5.09. The fourth-order valence-electron chi connectivity index (χ4n) is 1.47. The number of ether oxygens (including phenoxy) is 2. The van der Waals surface area contributed by atoms with Crippen LogP contribution < -0.4 is 10.1 Å². The van der Waals surface area contributed by atoms with Crippen molar-refractivity contribution in [2.45, 2.75) is 6.10 Å². The molecule has 0 saturated carbocycles. The summed E-state index contributed by atoms with van der Waals surface area (Å²) in [6.07, 6.45) is 0.0574. The average Bonchev–Trinajstić information content (AvgIpc) is 2.28. The maximum atomic E-state index is 12.8. The van der Waals surface area contributed by atoms with Gasteiger partial charge in [0.25, 0.3) is 0 Å². The van der Waals surface area contributed by atoms with E-state index in [1.54, 1.807) is 12.1 Å². The molecule has 82 valence electrons. The Kier molecular flexibility index (Phi) is 3.53. The van der Waals surface area contributed by atoms with Gasteiger partial charge in [0.05, 0.1) is 6.61 Å². The second-order valence-corrected chi connectivity index (χ2v) is 3.47. The molecule has 15 heavy (non-hydrogen) atoms. The Morgan fingerprint density at radius 1 is 1.53 bits per heavy atom. The molecule has 1 atom stereocenters. The second-order valence-electron chi connectivity index (χ2n) is 3.47. The highest BCUT2D eigenvalue weighted by molar-refractivity contribution is 5.22. The van der Waals surface area contributed by atoms with E-state index in [0.29, 0.717) is 19.0 Å². The van der Waals surface area contributed by atoms with Crippen molar-refractivity contribution in [1.29, 1.82) is 0 Å². The van der Waals surface area contributed by atoms with Gasteiger partial charge in [-0.25, -0.2) is 4.39 Å². The van der Waals surface area contributed by atoms with E-state index in [1.165, 1.54) is 12.1 Å². The minimum absolute atomic E-state index is 0.0574. The Labute approximate surface area is 88.2 Å². The van der Waals surface area contributed by atoms with Crippen molar-refractivity contribution >= 4 is 0 Å². The van der Waals surface area contributed by atoms with Crippen molar-refractivity contribution in [2.24, 2.45) is 0 Å². The van der Waals surface area contributed by atoms with E-state index in [2.05, 4.69) is 5.32 Å². The maximum absolute atomic E-state index is 12.8. The lowest BCUT2D eigenvalue weighted by Crippen LogP contribution is -2.41. The topological polar surface area (TPSA) is 30.5 Å². The van der Waals surface area contributed by atoms with Gasteiger partial charge in [-0.3, -0.25) is 0 Å². The van der Waals surface area contributed by atoms with Gasteiger partial charge >= 0.3 is 0 Å². The van der Waals surface area contributed by atoms with Crippen molar-refractivity contribution in [3.63, 3.8) is 0 Å². The molecule has 1 aliphatic rings. The van der Waals surface area contributed by atoms with Crippen LogP contribution in [0.5, 0.6) is 5.75 Å². The molecule has 3 nitrogen and oxygen atoms in total. The predicted octanol–water partition coefficient (Wildman–Crippen LogP) is 1.19. The van der Waals surface area contributed by atoms with Crippen LogP contribution in [0.3, 0.4) is 0 Å². The van der Waals surface area contributed by atoms with Gasteiger partial charge in [0.2, 0.25) is 0 Å². The predicted molar refractivity (Wildman–Crippen MR) is 54.5 cm³/mol. The van der Waals surface area contributed by atoms with Crippen molar-refractivity contribution < 1.29 is 13.9 Å². The quantitative estimate of drug-likeness (QED) is 0.814. The summed E-state index contributed by atoms with van der Waals surface area (Å²) in [5, 5.41) is 3.20. The Morgan fingerprint density at radius 2 is 2.47 bits per heavy atom. The molecule has 0 aliphatic carbocycles. The van der Waals surface area contributed by atoms with Crippen molar-refractivity contribution in [1.82, 2.24) is 5.32 Å². The number of hydrogen-bond donors (Lipinski definition) is 1. The van der Waals surface area contributed by atoms with Crippen LogP contribution >= 0.6 is 0 Å². The molecule has 1 aromatic rings. The molecular formula is C11H14FNO2. The first kappa shape index (κ1) is 10.4. The highest BCUT2D eigenvalue weighted by Gasteiger charge is 2.13. The Balaban J connectivity index is 1.81. The largest absolute Gasteiger partial charge is 0.491 e. The first-order chi connectivity index (χ1) is 7.34. The average molecular weight is 211 g/mol. The van der Waals surface area contributed by atoms with E-state index >= 15 is 0 Å². The standard InChI is InChI=1S/C11H14FNO2/c12-9-2-1-3-10(6-9)15-8-11-7-13-4-5-14-11/h1-3,6,11,13H,4-5,7-8H2/t11-/m0/s1. The van der Waals surface area contributed by atoms with Crippen LogP contribution in [0.25, 0.3) is 0 Å². The van der Waals surface area contributed by atoms with E-state index in [0.717, 1.165) is 13.1 Å². The number of rotatable bonds is 3. The third-order valence-electron chi connectivity index (χ3n) is 2.24. The molecular weight excluding hydrogens is 197 g/mol. The number of benzene rings is 1. The summed E-state index contributed by atoms with van der Waals surface area (Å²) in [6, 6.07) is 6.13. The third-order valence-corrected chi connectivity index (χ3v) is 2.24. The molecule has 0 amide bonds. The van der Waals surface area contributed by atoms with Gasteiger partial charge in [0, 0.05) is 19.2 Å². The van der Waals surface area contributed by atoms with Gasteiger partial charge in [-0.15, -0.1) is 0 Å². The highest BCUT2D eigenvalue weighted by Crippen LogP contribution is 2.12. The summed E-state index contributed by atoms with van der Waals surface area (Å²) in [5.41, 5.74) is 0. The molecule has 0 aromatic heterocycles. The monoisotopic (exact) mass is 211 g/mol. The van der Waals surface area contributed by atoms with Gasteiger partial charge in [0.15, 0.2) is 0 Å². The van der Waals surface area contributed by atoms with E-state index in [9.17, 15) is 4.39 Å². The van der Waals surface area contributed by atoms with Gasteiger partial charge in [-0.1, -0.05) is 6.07 Å². The first-order valence-corrected chi connectivity index (χ1v) is 5.05. The number of hydrogen-bond acceptors (Lipinski definition) is 3. The zero-order valence-corrected chi connectivity index (χ0v) is 8.41. The summed E-state index contributed by atoms with van der Waals surface area (Å²) in [7, 11) is 0. The Bertz CT molecular complexity index is 313. The lowest BCUT2D eigenvalue weighted by Gasteiger charge is -2.23. The molecule has 0 radical (unpaired) electrons. The van der Waals surface area contributed by atoms with Gasteiger partial charge < -0.3 is 14.8 Å². The van der Waals surface area contributed by atoms with Crippen molar-refractivity contribution in [3.8, 4) is 5.75 Å². The minimum atomic E-state index is -0.282. The van der Waals surface area contributed by atoms with Gasteiger partial charge in [-0.05, 0) is 12.1 Å². The van der Waals surface area contributed by atoms with Crippen LogP contribution in [-0.4, -0.2) is 32.4 Å². The van der Waals surface area contributed by atoms with E-state index < -0.39 is 0 Å². The van der Waals surface area contributed by atoms with Crippen LogP contribution in [0, 0.1) is 5.82 Å². The summed E-state index contributed by atoms with van der Waals surface area (Å²) in [6.45, 7) is 2.83. The first-order valence-electron chi connectivity index (χ1n) is 5.05. The molecule has 1 fully saturated rings. The summed E-state index contributed by atoms with van der Waals surface area (Å²) in [5.74, 6) is 0.263. The van der Waals surface area contributed by atoms with E-state index in [4.69, 9.17) is 9.47 Å². The lowest BCUT2D eigenvalue weighted by molar-refractivity contribution is 0.000137. The highest BCUT2D eigenvalue weighted by atomic mass is 19.1. The van der Waals surface area contributed by atoms with Crippen LogP contribution in [0.1, 0.15) is 0 Å². The normalized spacial score (nSPS) is 21.3. The van der Waals surface area contributed by atoms with Crippen LogP contribution in [0.15, 0.2) is 24.3 Å². The summed E-state index contributed by atoms with van der Waals surface area (Å²) < 4.78 is 23.7. The van der Waals surface area contributed by atoms with Crippen LogP contribution in [0.4, 0.5) is 4.39 Å².